The number of hydrogen-bond acceptors (Lipinski definition) is 4. The van der Waals surface area contributed by atoms with E-state index in [1.807, 2.05) is 13.0 Å². The molecule has 5 heteroatoms. The molecule has 0 aliphatic heterocycles. The summed E-state index contributed by atoms with van der Waals surface area (Å²) in [5, 5.41) is 13.5. The first-order valence-corrected chi connectivity index (χ1v) is 4.30. The summed E-state index contributed by atoms with van der Waals surface area (Å²) in [7, 11) is 3.02. The van der Waals surface area contributed by atoms with Gasteiger partial charge in [0.25, 0.3) is 0 Å². The largest absolute Gasteiger partial charge is 0.467 e. The van der Waals surface area contributed by atoms with Crippen LogP contribution < -0.4 is 0 Å². The minimum atomic E-state index is -1.12. The van der Waals surface area contributed by atoms with Gasteiger partial charge in [0.1, 0.15) is 0 Å². The van der Waals surface area contributed by atoms with Gasteiger partial charge in [-0.05, 0) is 13.0 Å². The predicted molar refractivity (Wildman–Crippen MR) is 49.7 cm³/mol. The quantitative estimate of drug-likeness (QED) is 0.683. The number of ether oxygens (including phenoxy) is 1. The van der Waals surface area contributed by atoms with E-state index in [1.54, 1.807) is 11.7 Å². The van der Waals surface area contributed by atoms with Crippen LogP contribution in [0.3, 0.4) is 0 Å². The minimum Gasteiger partial charge on any atom is -0.467 e. The Bertz CT molecular complexity index is 333. The maximum atomic E-state index is 10.9. The number of esters is 1. The molecular weight excluding hydrogens is 184 g/mol. The lowest BCUT2D eigenvalue weighted by molar-refractivity contribution is -0.150. The van der Waals surface area contributed by atoms with Crippen LogP contribution in [0.1, 0.15) is 11.4 Å². The maximum Gasteiger partial charge on any atom is 0.335 e. The van der Waals surface area contributed by atoms with Crippen LogP contribution in [-0.2, 0) is 23.0 Å². The Balaban J connectivity index is 2.69. The van der Waals surface area contributed by atoms with Crippen molar-refractivity contribution in [2.75, 3.05) is 7.11 Å². The molecule has 0 aliphatic rings. The van der Waals surface area contributed by atoms with Gasteiger partial charge in [0, 0.05) is 19.2 Å². The first kappa shape index (κ1) is 10.7. The van der Waals surface area contributed by atoms with Crippen molar-refractivity contribution in [1.29, 1.82) is 0 Å². The number of aryl methyl sites for hydroxylation is 2. The van der Waals surface area contributed by atoms with E-state index in [-0.39, 0.29) is 6.42 Å². The van der Waals surface area contributed by atoms with Crippen LogP contribution in [0.4, 0.5) is 0 Å². The minimum absolute atomic E-state index is 0.226. The van der Waals surface area contributed by atoms with E-state index < -0.39 is 12.1 Å². The Hall–Kier alpha value is -1.36. The van der Waals surface area contributed by atoms with Crippen LogP contribution in [0.15, 0.2) is 6.07 Å². The highest BCUT2D eigenvalue weighted by Crippen LogP contribution is 2.05. The predicted octanol–water partition coefficient (Wildman–Crippen LogP) is -0.195. The average molecular weight is 198 g/mol. The van der Waals surface area contributed by atoms with Crippen molar-refractivity contribution in [3.8, 4) is 0 Å². The number of methoxy groups -OCH3 is 1. The summed E-state index contributed by atoms with van der Waals surface area (Å²) < 4.78 is 6.05. The summed E-state index contributed by atoms with van der Waals surface area (Å²) in [6.45, 7) is 1.86. The molecule has 78 valence electrons. The van der Waals surface area contributed by atoms with E-state index in [1.165, 1.54) is 7.11 Å². The molecule has 0 spiro atoms. The molecule has 5 nitrogen and oxygen atoms in total. The van der Waals surface area contributed by atoms with Gasteiger partial charge in [-0.1, -0.05) is 0 Å². The molecular formula is C9H14N2O3. The van der Waals surface area contributed by atoms with E-state index in [2.05, 4.69) is 9.84 Å². The molecule has 0 saturated heterocycles. The molecule has 1 atom stereocenters. The Morgan fingerprint density at radius 3 is 2.86 bits per heavy atom. The monoisotopic (exact) mass is 198 g/mol. The number of carbonyl (C=O) groups excluding carboxylic acids is 1. The standard InChI is InChI=1S/C9H14N2O3/c1-6-4-7(11(2)10-6)5-8(12)9(13)14-3/h4,8,12H,5H2,1-3H3. The number of aliphatic hydroxyl groups excluding tert-OH is 1. The lowest BCUT2D eigenvalue weighted by Crippen LogP contribution is -2.25. The third kappa shape index (κ3) is 2.32. The highest BCUT2D eigenvalue weighted by molar-refractivity contribution is 5.74. The number of carbonyl (C=O) groups is 1. The molecule has 0 amide bonds. The molecule has 0 radical (unpaired) electrons. The lowest BCUT2D eigenvalue weighted by atomic mass is 10.2. The first-order valence-electron chi connectivity index (χ1n) is 4.30. The van der Waals surface area contributed by atoms with E-state index >= 15 is 0 Å². The zero-order chi connectivity index (χ0) is 10.7. The summed E-state index contributed by atoms with van der Waals surface area (Å²) in [4.78, 5) is 10.9. The van der Waals surface area contributed by atoms with E-state index in [4.69, 9.17) is 0 Å². The zero-order valence-corrected chi connectivity index (χ0v) is 8.52. The van der Waals surface area contributed by atoms with E-state index in [0.29, 0.717) is 0 Å². The number of rotatable bonds is 3. The summed E-state index contributed by atoms with van der Waals surface area (Å²) in [5.74, 6) is -0.621. The second kappa shape index (κ2) is 4.23. The molecule has 0 aliphatic carbocycles. The summed E-state index contributed by atoms with van der Waals surface area (Å²) in [5.41, 5.74) is 1.67. The Kier molecular flexibility index (Phi) is 3.24. The van der Waals surface area contributed by atoms with Crippen LogP contribution in [0, 0.1) is 6.92 Å². The smallest absolute Gasteiger partial charge is 0.335 e. The zero-order valence-electron chi connectivity index (χ0n) is 8.52. The Morgan fingerprint density at radius 2 is 2.43 bits per heavy atom. The van der Waals surface area contributed by atoms with Crippen LogP contribution >= 0.6 is 0 Å². The first-order chi connectivity index (χ1) is 6.54. The summed E-state index contributed by atoms with van der Waals surface area (Å²) in [6.07, 6.45) is -0.890. The fraction of sp³-hybridized carbons (Fsp3) is 0.556. The maximum absolute atomic E-state index is 10.9. The van der Waals surface area contributed by atoms with Crippen molar-refractivity contribution in [2.45, 2.75) is 19.4 Å². The van der Waals surface area contributed by atoms with Gasteiger partial charge < -0.3 is 9.84 Å². The average Bonchev–Trinajstić information content (AvgIpc) is 2.44. The van der Waals surface area contributed by atoms with Crippen LogP contribution in [0.5, 0.6) is 0 Å². The van der Waals surface area contributed by atoms with Crippen molar-refractivity contribution in [3.63, 3.8) is 0 Å². The third-order valence-electron chi connectivity index (χ3n) is 1.97. The SMILES string of the molecule is COC(=O)C(O)Cc1cc(C)nn1C. The molecule has 1 aromatic heterocycles. The van der Waals surface area contributed by atoms with Gasteiger partial charge in [-0.3, -0.25) is 4.68 Å². The topological polar surface area (TPSA) is 64.3 Å². The van der Waals surface area contributed by atoms with Gasteiger partial charge in [0.2, 0.25) is 0 Å². The number of aliphatic hydroxyl groups is 1. The molecule has 14 heavy (non-hydrogen) atoms. The van der Waals surface area contributed by atoms with Crippen molar-refractivity contribution in [1.82, 2.24) is 9.78 Å². The van der Waals surface area contributed by atoms with Crippen LogP contribution in [0.25, 0.3) is 0 Å². The number of hydrogen-bond donors (Lipinski definition) is 1. The van der Waals surface area contributed by atoms with Gasteiger partial charge in [-0.25, -0.2) is 4.79 Å². The fourth-order valence-corrected chi connectivity index (χ4v) is 1.27. The third-order valence-corrected chi connectivity index (χ3v) is 1.97. The molecule has 0 saturated carbocycles. The van der Waals surface area contributed by atoms with E-state index in [9.17, 15) is 9.90 Å². The molecule has 1 aromatic rings. The van der Waals surface area contributed by atoms with Crippen molar-refractivity contribution < 1.29 is 14.6 Å². The van der Waals surface area contributed by atoms with Crippen molar-refractivity contribution in [3.05, 3.63) is 17.5 Å². The van der Waals surface area contributed by atoms with Gasteiger partial charge in [0.15, 0.2) is 6.10 Å². The molecule has 1 N–H and O–H groups in total. The highest BCUT2D eigenvalue weighted by atomic mass is 16.5. The highest BCUT2D eigenvalue weighted by Gasteiger charge is 2.17. The lowest BCUT2D eigenvalue weighted by Gasteiger charge is -2.07. The summed E-state index contributed by atoms with van der Waals surface area (Å²) in [6, 6.07) is 1.83. The molecule has 0 bridgehead atoms. The molecule has 1 heterocycles. The van der Waals surface area contributed by atoms with E-state index in [0.717, 1.165) is 11.4 Å². The molecule has 0 fully saturated rings. The molecule has 0 aromatic carbocycles. The second-order valence-electron chi connectivity index (χ2n) is 3.14. The van der Waals surface area contributed by atoms with Gasteiger partial charge >= 0.3 is 5.97 Å². The number of aromatic nitrogens is 2. The van der Waals surface area contributed by atoms with Gasteiger partial charge in [-0.15, -0.1) is 0 Å². The Morgan fingerprint density at radius 1 is 1.79 bits per heavy atom. The summed E-state index contributed by atoms with van der Waals surface area (Å²) >= 11 is 0. The van der Waals surface area contributed by atoms with Crippen molar-refractivity contribution >= 4 is 5.97 Å². The van der Waals surface area contributed by atoms with Crippen LogP contribution in [-0.4, -0.2) is 34.1 Å². The molecule has 1 rings (SSSR count). The van der Waals surface area contributed by atoms with Crippen molar-refractivity contribution in [2.24, 2.45) is 7.05 Å². The molecule has 1 unspecified atom stereocenters. The fourth-order valence-electron chi connectivity index (χ4n) is 1.27. The Labute approximate surface area is 82.3 Å². The van der Waals surface area contributed by atoms with Gasteiger partial charge in [0.05, 0.1) is 12.8 Å². The van der Waals surface area contributed by atoms with Crippen LogP contribution in [0.2, 0.25) is 0 Å². The second-order valence-corrected chi connectivity index (χ2v) is 3.14. The van der Waals surface area contributed by atoms with Gasteiger partial charge in [-0.2, -0.15) is 5.10 Å². The number of nitrogens with zero attached hydrogens (tertiary/aromatic N) is 2. The normalized spacial score (nSPS) is 12.6.